The molecule has 0 saturated carbocycles. The van der Waals surface area contributed by atoms with E-state index in [4.69, 9.17) is 4.74 Å². The van der Waals surface area contributed by atoms with Crippen molar-refractivity contribution in [3.05, 3.63) is 12.3 Å². The molecule has 1 aliphatic heterocycles. The molecule has 1 saturated heterocycles. The lowest BCUT2D eigenvalue weighted by atomic mass is 10.1. The van der Waals surface area contributed by atoms with E-state index in [1.807, 2.05) is 6.92 Å². The Labute approximate surface area is 99.8 Å². The number of nitrogens with zero attached hydrogens (tertiary/aromatic N) is 1. The Morgan fingerprint density at radius 3 is 2.94 bits per heavy atom. The van der Waals surface area contributed by atoms with Gasteiger partial charge in [0.1, 0.15) is 0 Å². The van der Waals surface area contributed by atoms with Gasteiger partial charge in [0.15, 0.2) is 0 Å². The lowest BCUT2D eigenvalue weighted by molar-refractivity contribution is -0.0344. The van der Waals surface area contributed by atoms with Crippen LogP contribution in [0, 0.1) is 5.92 Å². The van der Waals surface area contributed by atoms with E-state index < -0.39 is 0 Å². The van der Waals surface area contributed by atoms with Crippen molar-refractivity contribution in [3.63, 3.8) is 0 Å². The molecule has 1 fully saturated rings. The van der Waals surface area contributed by atoms with Gasteiger partial charge in [-0.05, 0) is 19.3 Å². The SMILES string of the molecule is C=C(C)NCC[C@@H]1CN(CC(C)C)CCO1. The van der Waals surface area contributed by atoms with Gasteiger partial charge in [-0.3, -0.25) is 4.90 Å². The molecule has 0 unspecified atom stereocenters. The second-order valence-corrected chi connectivity index (χ2v) is 5.14. The molecule has 0 aromatic heterocycles. The first-order chi connectivity index (χ1) is 7.58. The minimum atomic E-state index is 0.388. The molecule has 94 valence electrons. The molecule has 0 aromatic carbocycles. The molecule has 0 bridgehead atoms. The van der Waals surface area contributed by atoms with Gasteiger partial charge in [0.05, 0.1) is 12.7 Å². The van der Waals surface area contributed by atoms with Crippen molar-refractivity contribution < 1.29 is 4.74 Å². The third kappa shape index (κ3) is 5.52. The van der Waals surface area contributed by atoms with Crippen molar-refractivity contribution in [1.29, 1.82) is 0 Å². The Morgan fingerprint density at radius 2 is 2.31 bits per heavy atom. The molecule has 1 aliphatic rings. The van der Waals surface area contributed by atoms with Gasteiger partial charge in [0.2, 0.25) is 0 Å². The molecule has 0 aliphatic carbocycles. The zero-order chi connectivity index (χ0) is 12.0. The maximum atomic E-state index is 5.76. The van der Waals surface area contributed by atoms with Crippen LogP contribution in [-0.4, -0.2) is 43.8 Å². The van der Waals surface area contributed by atoms with Crippen LogP contribution in [0.15, 0.2) is 12.3 Å². The normalized spacial score (nSPS) is 22.4. The van der Waals surface area contributed by atoms with Gasteiger partial charge in [-0.15, -0.1) is 0 Å². The van der Waals surface area contributed by atoms with Crippen molar-refractivity contribution in [3.8, 4) is 0 Å². The van der Waals surface area contributed by atoms with Crippen molar-refractivity contribution in [2.75, 3.05) is 32.8 Å². The van der Waals surface area contributed by atoms with Crippen molar-refractivity contribution >= 4 is 0 Å². The van der Waals surface area contributed by atoms with Crippen LogP contribution in [-0.2, 0) is 4.74 Å². The molecule has 1 heterocycles. The Morgan fingerprint density at radius 1 is 1.56 bits per heavy atom. The van der Waals surface area contributed by atoms with Gasteiger partial charge in [0, 0.05) is 31.9 Å². The van der Waals surface area contributed by atoms with Gasteiger partial charge in [-0.1, -0.05) is 20.4 Å². The van der Waals surface area contributed by atoms with E-state index in [1.165, 1.54) is 6.54 Å². The third-order valence-electron chi connectivity index (χ3n) is 2.74. The number of allylic oxidation sites excluding steroid dienone is 1. The average molecular weight is 226 g/mol. The van der Waals surface area contributed by atoms with E-state index in [2.05, 4.69) is 30.6 Å². The molecule has 1 atom stereocenters. The summed E-state index contributed by atoms with van der Waals surface area (Å²) in [6.07, 6.45) is 1.46. The summed E-state index contributed by atoms with van der Waals surface area (Å²) in [4.78, 5) is 2.51. The third-order valence-corrected chi connectivity index (χ3v) is 2.74. The Kier molecular flexibility index (Phi) is 5.85. The first kappa shape index (κ1) is 13.5. The van der Waals surface area contributed by atoms with Gasteiger partial charge in [-0.2, -0.15) is 0 Å². The second kappa shape index (κ2) is 6.92. The van der Waals surface area contributed by atoms with Crippen LogP contribution < -0.4 is 5.32 Å². The fourth-order valence-corrected chi connectivity index (χ4v) is 2.08. The lowest BCUT2D eigenvalue weighted by Crippen LogP contribution is -2.44. The van der Waals surface area contributed by atoms with Crippen LogP contribution in [0.1, 0.15) is 27.2 Å². The number of ether oxygens (including phenoxy) is 1. The Bertz CT molecular complexity index is 216. The summed E-state index contributed by atoms with van der Waals surface area (Å²) in [6, 6.07) is 0. The predicted octanol–water partition coefficient (Wildman–Crippen LogP) is 1.86. The summed E-state index contributed by atoms with van der Waals surface area (Å²) >= 11 is 0. The molecule has 0 radical (unpaired) electrons. The highest BCUT2D eigenvalue weighted by Crippen LogP contribution is 2.10. The molecule has 0 aromatic rings. The molecular formula is C13H26N2O. The predicted molar refractivity (Wildman–Crippen MR) is 68.5 cm³/mol. The summed E-state index contributed by atoms with van der Waals surface area (Å²) in [6.45, 7) is 15.6. The van der Waals surface area contributed by atoms with Crippen LogP contribution >= 0.6 is 0 Å². The summed E-state index contributed by atoms with van der Waals surface area (Å²) in [7, 11) is 0. The van der Waals surface area contributed by atoms with Crippen LogP contribution in [0.4, 0.5) is 0 Å². The maximum Gasteiger partial charge on any atom is 0.0719 e. The van der Waals surface area contributed by atoms with E-state index in [1.54, 1.807) is 0 Å². The first-order valence-electron chi connectivity index (χ1n) is 6.31. The zero-order valence-corrected chi connectivity index (χ0v) is 11.0. The van der Waals surface area contributed by atoms with Gasteiger partial charge >= 0.3 is 0 Å². The van der Waals surface area contributed by atoms with Crippen LogP contribution in [0.3, 0.4) is 0 Å². The molecular weight excluding hydrogens is 200 g/mol. The largest absolute Gasteiger partial charge is 0.389 e. The summed E-state index contributed by atoms with van der Waals surface area (Å²) in [5.74, 6) is 0.743. The van der Waals surface area contributed by atoms with Gasteiger partial charge in [0.25, 0.3) is 0 Å². The summed E-state index contributed by atoms with van der Waals surface area (Å²) < 4.78 is 5.76. The monoisotopic (exact) mass is 226 g/mol. The molecule has 1 N–H and O–H groups in total. The topological polar surface area (TPSA) is 24.5 Å². The smallest absolute Gasteiger partial charge is 0.0719 e. The van der Waals surface area contributed by atoms with E-state index in [9.17, 15) is 0 Å². The van der Waals surface area contributed by atoms with E-state index in [0.717, 1.165) is 44.3 Å². The number of nitrogens with one attached hydrogen (secondary N) is 1. The number of hydrogen-bond donors (Lipinski definition) is 1. The average Bonchev–Trinajstić information content (AvgIpc) is 2.16. The number of rotatable bonds is 6. The number of hydrogen-bond acceptors (Lipinski definition) is 3. The minimum Gasteiger partial charge on any atom is -0.389 e. The molecule has 3 nitrogen and oxygen atoms in total. The van der Waals surface area contributed by atoms with Crippen molar-refractivity contribution in [2.45, 2.75) is 33.3 Å². The second-order valence-electron chi connectivity index (χ2n) is 5.14. The Hall–Kier alpha value is -0.540. The van der Waals surface area contributed by atoms with Crippen LogP contribution in [0.25, 0.3) is 0 Å². The maximum absolute atomic E-state index is 5.76. The number of morpholine rings is 1. The first-order valence-corrected chi connectivity index (χ1v) is 6.31. The standard InChI is InChI=1S/C13H26N2O/c1-11(2)9-15-7-8-16-13(10-15)5-6-14-12(3)4/h11,13-14H,3,5-10H2,1-2,4H3/t13-/m1/s1. The fraction of sp³-hybridized carbons (Fsp3) is 0.846. The zero-order valence-electron chi connectivity index (χ0n) is 11.0. The lowest BCUT2D eigenvalue weighted by Gasteiger charge is -2.34. The molecule has 1 rings (SSSR count). The summed E-state index contributed by atoms with van der Waals surface area (Å²) in [5.41, 5.74) is 1.04. The van der Waals surface area contributed by atoms with E-state index >= 15 is 0 Å². The molecule has 16 heavy (non-hydrogen) atoms. The minimum absolute atomic E-state index is 0.388. The van der Waals surface area contributed by atoms with Crippen LogP contribution in [0.2, 0.25) is 0 Å². The quantitative estimate of drug-likeness (QED) is 0.748. The van der Waals surface area contributed by atoms with E-state index in [-0.39, 0.29) is 0 Å². The van der Waals surface area contributed by atoms with Gasteiger partial charge in [-0.25, -0.2) is 0 Å². The van der Waals surface area contributed by atoms with E-state index in [0.29, 0.717) is 6.10 Å². The Balaban J connectivity index is 2.19. The molecule has 0 spiro atoms. The summed E-state index contributed by atoms with van der Waals surface area (Å²) in [5, 5.41) is 3.26. The van der Waals surface area contributed by atoms with Crippen LogP contribution in [0.5, 0.6) is 0 Å². The highest BCUT2D eigenvalue weighted by molar-refractivity contribution is 4.84. The van der Waals surface area contributed by atoms with Gasteiger partial charge < -0.3 is 10.1 Å². The molecule has 0 amide bonds. The molecule has 3 heteroatoms. The highest BCUT2D eigenvalue weighted by atomic mass is 16.5. The van der Waals surface area contributed by atoms with Crippen molar-refractivity contribution in [1.82, 2.24) is 10.2 Å². The fourth-order valence-electron chi connectivity index (χ4n) is 2.08. The van der Waals surface area contributed by atoms with Crippen molar-refractivity contribution in [2.24, 2.45) is 5.92 Å². The highest BCUT2D eigenvalue weighted by Gasteiger charge is 2.20.